The molecule has 0 aliphatic heterocycles. The number of fused-ring (bicyclic) bond motifs is 2. The van der Waals surface area contributed by atoms with E-state index in [1.807, 2.05) is 31.4 Å². The lowest BCUT2D eigenvalue weighted by molar-refractivity contribution is 0.736. The van der Waals surface area contributed by atoms with Crippen molar-refractivity contribution in [1.29, 1.82) is 0 Å². The van der Waals surface area contributed by atoms with Gasteiger partial charge in [0.2, 0.25) is 0 Å². The van der Waals surface area contributed by atoms with Gasteiger partial charge in [-0.2, -0.15) is 0 Å². The maximum absolute atomic E-state index is 4.28. The Bertz CT molecular complexity index is 905. The van der Waals surface area contributed by atoms with Crippen LogP contribution >= 0.6 is 0 Å². The molecule has 0 saturated carbocycles. The smallest absolute Gasteiger partial charge is 0.200 e. The van der Waals surface area contributed by atoms with Crippen molar-refractivity contribution in [2.24, 2.45) is 7.05 Å². The van der Waals surface area contributed by atoms with E-state index in [0.29, 0.717) is 11.5 Å². The number of benzene rings is 1. The first kappa shape index (κ1) is 10.9. The molecule has 3 heterocycles. The van der Waals surface area contributed by atoms with Gasteiger partial charge in [0, 0.05) is 24.4 Å². The number of hydrogen-bond acceptors (Lipinski definition) is 5. The summed E-state index contributed by atoms with van der Waals surface area (Å²) in [5.74, 6) is 0.693. The maximum Gasteiger partial charge on any atom is 0.200 e. The number of rotatable bonds is 2. The van der Waals surface area contributed by atoms with Crippen LogP contribution in [0.2, 0.25) is 0 Å². The van der Waals surface area contributed by atoms with Crippen LogP contribution in [0.5, 0.6) is 0 Å². The fourth-order valence-electron chi connectivity index (χ4n) is 2.20. The second-order valence-corrected chi connectivity index (χ2v) is 4.57. The maximum atomic E-state index is 4.28. The second kappa shape index (κ2) is 4.02. The van der Waals surface area contributed by atoms with Crippen molar-refractivity contribution in [3.63, 3.8) is 0 Å². The zero-order chi connectivity index (χ0) is 13.5. The van der Waals surface area contributed by atoms with Gasteiger partial charge < -0.3 is 9.88 Å². The van der Waals surface area contributed by atoms with Crippen molar-refractivity contribution in [2.75, 3.05) is 5.32 Å². The van der Waals surface area contributed by atoms with Crippen molar-refractivity contribution in [3.05, 3.63) is 42.6 Å². The van der Waals surface area contributed by atoms with E-state index in [1.165, 1.54) is 15.5 Å². The summed E-state index contributed by atoms with van der Waals surface area (Å²) in [6.07, 6.45) is 2.04. The highest BCUT2D eigenvalue weighted by atomic mass is 15.6. The molecule has 98 valence electrons. The summed E-state index contributed by atoms with van der Waals surface area (Å²) in [5.41, 5.74) is 2.76. The topological polar surface area (TPSA) is 72.9 Å². The molecule has 0 aliphatic carbocycles. The third kappa shape index (κ3) is 1.68. The molecule has 0 atom stereocenters. The zero-order valence-corrected chi connectivity index (χ0v) is 10.7. The van der Waals surface area contributed by atoms with E-state index in [4.69, 9.17) is 0 Å². The average Bonchev–Trinajstić information content (AvgIpc) is 3.06. The van der Waals surface area contributed by atoms with Gasteiger partial charge in [0.15, 0.2) is 11.5 Å². The Morgan fingerprint density at radius 3 is 3.00 bits per heavy atom. The molecular weight excluding hydrogens is 254 g/mol. The fraction of sp³-hybridized carbons (Fsp3) is 0.0769. The second-order valence-electron chi connectivity index (χ2n) is 4.57. The molecule has 3 aromatic heterocycles. The Balaban J connectivity index is 1.73. The van der Waals surface area contributed by atoms with Crippen LogP contribution in [-0.4, -0.2) is 29.8 Å². The fourth-order valence-corrected chi connectivity index (χ4v) is 2.20. The Hall–Kier alpha value is -2.96. The Kier molecular flexibility index (Phi) is 2.19. The van der Waals surface area contributed by atoms with E-state index in [1.54, 1.807) is 0 Å². The minimum Gasteiger partial charge on any atom is -0.350 e. The lowest BCUT2D eigenvalue weighted by atomic mass is 10.2. The van der Waals surface area contributed by atoms with Crippen molar-refractivity contribution in [1.82, 2.24) is 29.8 Å². The van der Waals surface area contributed by atoms with Gasteiger partial charge in [-0.15, -0.1) is 14.8 Å². The van der Waals surface area contributed by atoms with Gasteiger partial charge in [-0.3, -0.25) is 0 Å². The summed E-state index contributed by atoms with van der Waals surface area (Å²) < 4.78 is 3.47. The van der Waals surface area contributed by atoms with Crippen LogP contribution in [0, 0.1) is 0 Å². The molecule has 20 heavy (non-hydrogen) atoms. The van der Waals surface area contributed by atoms with Gasteiger partial charge in [0.25, 0.3) is 0 Å². The van der Waals surface area contributed by atoms with E-state index >= 15 is 0 Å². The van der Waals surface area contributed by atoms with Crippen molar-refractivity contribution in [2.45, 2.75) is 0 Å². The van der Waals surface area contributed by atoms with Gasteiger partial charge in [-0.05, 0) is 46.1 Å². The first-order valence-electron chi connectivity index (χ1n) is 6.17. The molecule has 4 rings (SSSR count). The van der Waals surface area contributed by atoms with Gasteiger partial charge in [0.1, 0.15) is 0 Å². The molecule has 0 fully saturated rings. The molecule has 0 bridgehead atoms. The monoisotopic (exact) mass is 265 g/mol. The largest absolute Gasteiger partial charge is 0.350 e. The molecule has 0 aliphatic rings. The normalized spacial score (nSPS) is 11.2. The van der Waals surface area contributed by atoms with E-state index in [0.717, 1.165) is 5.69 Å². The molecule has 1 N–H and O–H groups in total. The molecule has 0 radical (unpaired) electrons. The summed E-state index contributed by atoms with van der Waals surface area (Å²) >= 11 is 0. The standard InChI is InChI=1S/C13H11N7/c1-19-7-6-9-2-3-10(8-11(9)19)14-12-4-5-13-15-17-18-20(13)16-12/h2-8H,1H3,(H,14,16). The number of nitrogens with zero attached hydrogens (tertiary/aromatic N) is 6. The van der Waals surface area contributed by atoms with Crippen LogP contribution in [0.25, 0.3) is 16.6 Å². The first-order chi connectivity index (χ1) is 9.79. The number of anilines is 2. The predicted octanol–water partition coefficient (Wildman–Crippen LogP) is 1.75. The molecule has 0 amide bonds. The van der Waals surface area contributed by atoms with Crippen LogP contribution in [0.15, 0.2) is 42.6 Å². The highest BCUT2D eigenvalue weighted by Gasteiger charge is 2.03. The Morgan fingerprint density at radius 2 is 2.05 bits per heavy atom. The SMILES string of the molecule is Cn1ccc2ccc(Nc3ccc4nnnn4n3)cc21. The highest BCUT2D eigenvalue weighted by molar-refractivity contribution is 5.84. The quantitative estimate of drug-likeness (QED) is 0.598. The predicted molar refractivity (Wildman–Crippen MR) is 74.8 cm³/mol. The summed E-state index contributed by atoms with van der Waals surface area (Å²) in [5, 5.41) is 19.9. The lowest BCUT2D eigenvalue weighted by Crippen LogP contribution is -2.00. The lowest BCUT2D eigenvalue weighted by Gasteiger charge is -2.06. The Labute approximate surface area is 113 Å². The Morgan fingerprint density at radius 1 is 1.10 bits per heavy atom. The van der Waals surface area contributed by atoms with E-state index in [2.05, 4.69) is 48.7 Å². The minimum atomic E-state index is 0.619. The number of hydrogen-bond donors (Lipinski definition) is 1. The molecule has 7 nitrogen and oxygen atoms in total. The average molecular weight is 265 g/mol. The molecular formula is C13H11N7. The van der Waals surface area contributed by atoms with E-state index in [-0.39, 0.29) is 0 Å². The zero-order valence-electron chi connectivity index (χ0n) is 10.7. The number of nitrogens with one attached hydrogen (secondary N) is 1. The summed E-state index contributed by atoms with van der Waals surface area (Å²) in [6.45, 7) is 0. The molecule has 7 heteroatoms. The number of aryl methyl sites for hydroxylation is 1. The third-order valence-corrected chi connectivity index (χ3v) is 3.23. The van der Waals surface area contributed by atoms with Gasteiger partial charge in [-0.1, -0.05) is 6.07 Å². The van der Waals surface area contributed by atoms with Crippen LogP contribution in [0.3, 0.4) is 0 Å². The van der Waals surface area contributed by atoms with Gasteiger partial charge in [-0.25, -0.2) is 0 Å². The van der Waals surface area contributed by atoms with Crippen LogP contribution in [-0.2, 0) is 7.05 Å². The first-order valence-corrected chi connectivity index (χ1v) is 6.17. The number of aromatic nitrogens is 6. The summed E-state index contributed by atoms with van der Waals surface area (Å²) in [7, 11) is 2.03. The molecule has 0 saturated heterocycles. The summed E-state index contributed by atoms with van der Waals surface area (Å²) in [4.78, 5) is 0. The summed E-state index contributed by atoms with van der Waals surface area (Å²) in [6, 6.07) is 11.9. The van der Waals surface area contributed by atoms with Crippen molar-refractivity contribution < 1.29 is 0 Å². The molecule has 0 unspecified atom stereocenters. The van der Waals surface area contributed by atoms with E-state index < -0.39 is 0 Å². The highest BCUT2D eigenvalue weighted by Crippen LogP contribution is 2.21. The molecule has 1 aromatic carbocycles. The molecule has 0 spiro atoms. The van der Waals surface area contributed by atoms with Gasteiger partial charge >= 0.3 is 0 Å². The van der Waals surface area contributed by atoms with Crippen LogP contribution < -0.4 is 5.32 Å². The third-order valence-electron chi connectivity index (χ3n) is 3.23. The van der Waals surface area contributed by atoms with Gasteiger partial charge in [0.05, 0.1) is 0 Å². The minimum absolute atomic E-state index is 0.619. The van der Waals surface area contributed by atoms with Crippen LogP contribution in [0.1, 0.15) is 0 Å². The number of tetrazole rings is 1. The molecule has 4 aromatic rings. The van der Waals surface area contributed by atoms with Crippen LogP contribution in [0.4, 0.5) is 11.5 Å². The van der Waals surface area contributed by atoms with E-state index in [9.17, 15) is 0 Å². The van der Waals surface area contributed by atoms with Crippen molar-refractivity contribution >= 4 is 28.1 Å². The van der Waals surface area contributed by atoms with Crippen molar-refractivity contribution in [3.8, 4) is 0 Å².